The molecule has 0 atom stereocenters. The predicted molar refractivity (Wildman–Crippen MR) is 283 cm³/mol. The Labute approximate surface area is 478 Å². The van der Waals surface area contributed by atoms with Crippen LogP contribution in [-0.2, 0) is 9.59 Å². The van der Waals surface area contributed by atoms with Crippen LogP contribution >= 0.6 is 255 Å². The number of hydrogen-bond acceptors (Lipinski definition) is 2. The van der Waals surface area contributed by atoms with E-state index in [4.69, 9.17) is 255 Å². The first kappa shape index (κ1) is 54.9. The second-order valence-corrected chi connectivity index (χ2v) is 21.3. The minimum atomic E-state index is -1.28. The zero-order valence-electron chi connectivity index (χ0n) is 30.1. The number of rotatable bonds is 6. The van der Waals surface area contributed by atoms with Crippen molar-refractivity contribution in [3.8, 4) is 0 Å². The number of carbonyl (C=O) groups is 2. The summed E-state index contributed by atoms with van der Waals surface area (Å²) < 4.78 is 0. The summed E-state index contributed by atoms with van der Waals surface area (Å²) in [7, 11) is 0. The van der Waals surface area contributed by atoms with Crippen LogP contribution in [0.15, 0.2) is 78.8 Å². The normalized spacial score (nSPS) is 14.4. The Bertz CT molecular complexity index is 2840. The van der Waals surface area contributed by atoms with E-state index in [0.717, 1.165) is 0 Å². The summed E-state index contributed by atoms with van der Waals surface area (Å²) in [6.45, 7) is 0. The third-order valence-electron chi connectivity index (χ3n) is 8.97. The summed E-state index contributed by atoms with van der Waals surface area (Å²) in [5.41, 5.74) is -2.21. The first-order valence-corrected chi connectivity index (χ1v) is 24.8. The maximum atomic E-state index is 14.6. The van der Waals surface area contributed by atoms with E-state index < -0.39 is 43.3 Å². The lowest BCUT2D eigenvalue weighted by Crippen LogP contribution is -2.77. The fourth-order valence-corrected chi connectivity index (χ4v) is 13.2. The van der Waals surface area contributed by atoms with Gasteiger partial charge in [0, 0.05) is 44.5 Å². The number of hydrogen-bond donors (Lipinski definition) is 1. The zero-order chi connectivity index (χ0) is 48.6. The van der Waals surface area contributed by atoms with Crippen molar-refractivity contribution >= 4 is 283 Å². The highest BCUT2D eigenvalue weighted by atomic mass is 35.5. The van der Waals surface area contributed by atoms with E-state index in [1.807, 2.05) is 0 Å². The van der Waals surface area contributed by atoms with Crippen molar-refractivity contribution in [2.45, 2.75) is 0 Å². The molecule has 0 unspecified atom stereocenters. The summed E-state index contributed by atoms with van der Waals surface area (Å²) in [5, 5.41) is -6.10. The third kappa shape index (κ3) is 10.3. The van der Waals surface area contributed by atoms with Crippen molar-refractivity contribution in [3.63, 3.8) is 0 Å². The lowest BCUT2D eigenvalue weighted by Gasteiger charge is -2.34. The molecular weight excluding hydrogens is 1310 g/mol. The molecule has 1 amide bonds. The predicted octanol–water partition coefficient (Wildman–Crippen LogP) is 20.3. The van der Waals surface area contributed by atoms with E-state index in [0.29, 0.717) is 0 Å². The van der Waals surface area contributed by atoms with Crippen LogP contribution in [0.25, 0.3) is 11.1 Å². The van der Waals surface area contributed by atoms with E-state index >= 15 is 0 Å². The van der Waals surface area contributed by atoms with Gasteiger partial charge in [-0.2, -0.15) is 4.99 Å². The van der Waals surface area contributed by atoms with E-state index in [1.165, 1.54) is 36.4 Å². The molecule has 2 aliphatic rings. The standard InChI is InChI=1S/C40H6Cl22NO2/c41-7-1-10(43)16(11(44)2-7)19(17-12(45)3-8(42)4-13(17)46)18-14(47)5-9(6-15(18)48)63-40(65)25-27(50)21(26(49)24(28(25)51)39(62)64)20(22-29(52)33(56)37(60)34(57)30(22)53)23-31(54)35(58)38(61)36(59)32(23)55/h1-6H/q-1/p+1. The SMILES string of the molecule is O=C(Cl)C1=C(Cl)C(C(=O)[NH+]=C2C=C(Cl)C(=C(c3c(Cl)cc(Cl)cc3Cl)c3c(Cl)cc(Cl)cc3Cl)C(Cl)=C2)=C(Cl)C(=C(c2c(Cl)c(Cl)c(Cl)c(Cl)c2Cl)c2c(Cl)c(Cl)c(Cl)c(Cl)c2Cl)[C-]1Cl. The maximum absolute atomic E-state index is 14.6. The topological polar surface area (TPSA) is 48.1 Å². The van der Waals surface area contributed by atoms with Crippen LogP contribution in [0.2, 0.25) is 80.4 Å². The summed E-state index contributed by atoms with van der Waals surface area (Å²) in [6, 6.07) is 5.69. The first-order chi connectivity index (χ1) is 30.2. The quantitative estimate of drug-likeness (QED) is 0.0905. The van der Waals surface area contributed by atoms with Crippen LogP contribution < -0.4 is 4.99 Å². The van der Waals surface area contributed by atoms with Gasteiger partial charge in [-0.3, -0.25) is 0 Å². The zero-order valence-corrected chi connectivity index (χ0v) is 46.7. The molecular formula is C40H7Cl22NO2. The molecule has 0 radical (unpaired) electrons. The lowest BCUT2D eigenvalue weighted by atomic mass is 9.84. The molecule has 4 aromatic carbocycles. The van der Waals surface area contributed by atoms with Gasteiger partial charge in [0.05, 0.1) is 86.0 Å². The van der Waals surface area contributed by atoms with Gasteiger partial charge in [-0.15, -0.1) is 34.8 Å². The molecule has 0 saturated carbocycles. The molecule has 0 spiro atoms. The highest BCUT2D eigenvalue weighted by Crippen LogP contribution is 2.58. The molecule has 3 nitrogen and oxygen atoms in total. The van der Waals surface area contributed by atoms with Crippen molar-refractivity contribution < 1.29 is 14.6 Å². The summed E-state index contributed by atoms with van der Waals surface area (Å²) in [4.78, 5) is 30.4. The highest BCUT2D eigenvalue weighted by molar-refractivity contribution is 6.71. The second-order valence-electron chi connectivity index (χ2n) is 12.7. The number of nitrogens with one attached hydrogen (secondary N) is 1. The lowest BCUT2D eigenvalue weighted by molar-refractivity contribution is -0.370. The van der Waals surface area contributed by atoms with E-state index in [1.54, 1.807) is 0 Å². The van der Waals surface area contributed by atoms with Crippen LogP contribution in [0.5, 0.6) is 0 Å². The van der Waals surface area contributed by atoms with Crippen molar-refractivity contribution in [2.24, 2.45) is 0 Å². The monoisotopic (exact) mass is 1300 g/mol. The fraction of sp³-hybridized carbons (Fsp3) is 0. The van der Waals surface area contributed by atoms with E-state index in [2.05, 4.69) is 4.99 Å². The first-order valence-electron chi connectivity index (χ1n) is 16.5. The van der Waals surface area contributed by atoms with Gasteiger partial charge in [-0.05, 0) is 56.4 Å². The minimum Gasteiger partial charge on any atom is -0.322 e. The van der Waals surface area contributed by atoms with Gasteiger partial charge in [-0.1, -0.05) is 232 Å². The van der Waals surface area contributed by atoms with Crippen LogP contribution in [0.3, 0.4) is 0 Å². The van der Waals surface area contributed by atoms with E-state index in [9.17, 15) is 9.59 Å². The molecule has 65 heavy (non-hydrogen) atoms. The van der Waals surface area contributed by atoms with Crippen LogP contribution in [0, 0.1) is 5.38 Å². The number of benzene rings is 4. The molecule has 4 aromatic rings. The number of amides is 1. The Kier molecular flexibility index (Phi) is 18.4. The van der Waals surface area contributed by atoms with Crippen LogP contribution in [0.4, 0.5) is 0 Å². The minimum absolute atomic E-state index is 0.0594. The van der Waals surface area contributed by atoms with Gasteiger partial charge >= 0.3 is 5.91 Å². The molecule has 0 fully saturated rings. The Morgan fingerprint density at radius 2 is 0.785 bits per heavy atom. The summed E-state index contributed by atoms with van der Waals surface area (Å²) >= 11 is 146. The van der Waals surface area contributed by atoms with Gasteiger partial charge in [0.15, 0.2) is 5.24 Å². The second kappa shape index (κ2) is 21.7. The van der Waals surface area contributed by atoms with Crippen molar-refractivity contribution in [3.05, 3.63) is 187 Å². The average Bonchev–Trinajstić information content (AvgIpc) is 3.19. The Morgan fingerprint density at radius 1 is 0.446 bits per heavy atom. The smallest absolute Gasteiger partial charge is 0.322 e. The maximum Gasteiger partial charge on any atom is 0.406 e. The molecule has 0 heterocycles. The molecule has 0 aromatic heterocycles. The highest BCUT2D eigenvalue weighted by Gasteiger charge is 2.38. The molecule has 0 saturated heterocycles. The molecule has 6 rings (SSSR count). The van der Waals surface area contributed by atoms with Gasteiger partial charge in [-0.25, -0.2) is 4.79 Å². The van der Waals surface area contributed by atoms with Crippen LogP contribution in [-0.4, -0.2) is 16.9 Å². The Balaban J connectivity index is 1.69. The largest absolute Gasteiger partial charge is 0.406 e. The van der Waals surface area contributed by atoms with E-state index in [-0.39, 0.29) is 135 Å². The summed E-state index contributed by atoms with van der Waals surface area (Å²) in [5.74, 6) is -1.11. The molecule has 0 aliphatic heterocycles. The fourth-order valence-electron chi connectivity index (χ4n) is 6.29. The summed E-state index contributed by atoms with van der Waals surface area (Å²) in [6.07, 6.45) is 2.57. The van der Waals surface area contributed by atoms with Gasteiger partial charge < -0.3 is 4.79 Å². The van der Waals surface area contributed by atoms with Crippen molar-refractivity contribution in [1.82, 2.24) is 0 Å². The Morgan fingerprint density at radius 3 is 1.12 bits per heavy atom. The average molecular weight is 1310 g/mol. The molecule has 0 bridgehead atoms. The van der Waals surface area contributed by atoms with Gasteiger partial charge in [0.25, 0.3) is 0 Å². The van der Waals surface area contributed by atoms with Crippen molar-refractivity contribution in [1.29, 1.82) is 0 Å². The molecule has 2 aliphatic carbocycles. The number of halogens is 22. The van der Waals surface area contributed by atoms with Crippen molar-refractivity contribution in [2.75, 3.05) is 0 Å². The van der Waals surface area contributed by atoms with Gasteiger partial charge in [0.1, 0.15) is 0 Å². The molecule has 1 N–H and O–H groups in total. The Hall–Kier alpha value is 0.580. The number of carbonyl (C=O) groups excluding carboxylic acids is 2. The molecule has 338 valence electrons. The molecule has 25 heteroatoms. The van der Waals surface area contributed by atoms with Crippen LogP contribution in [0.1, 0.15) is 22.3 Å². The van der Waals surface area contributed by atoms with Gasteiger partial charge in [0.2, 0.25) is 5.71 Å². The number of allylic oxidation sites excluding steroid dienone is 8. The third-order valence-corrected chi connectivity index (χ3v) is 17.1.